The van der Waals surface area contributed by atoms with Crippen molar-refractivity contribution in [2.24, 2.45) is 5.73 Å². The topological polar surface area (TPSA) is 184 Å². The van der Waals surface area contributed by atoms with Gasteiger partial charge < -0.3 is 49.9 Å². The Kier molecular flexibility index (Phi) is 14.0. The molecule has 11 nitrogen and oxygen atoms in total. The SMILES string of the molecule is CCO[Si](CCCNCC[C@](O)(C(N)=O)[C@@H](O)[C@H](O)[C@H](O)CO)(OCC)OCC. The highest BCUT2D eigenvalue weighted by Gasteiger charge is 2.46. The fraction of sp³-hybridized carbons (Fsp3) is 0.941. The molecule has 4 atom stereocenters. The maximum absolute atomic E-state index is 11.6. The van der Waals surface area contributed by atoms with Crippen LogP contribution in [0.25, 0.3) is 0 Å². The summed E-state index contributed by atoms with van der Waals surface area (Å²) in [6, 6.07) is 0.583. The molecule has 0 fully saturated rings. The van der Waals surface area contributed by atoms with E-state index in [1.807, 2.05) is 20.8 Å². The first-order valence-electron chi connectivity index (χ1n) is 9.93. The van der Waals surface area contributed by atoms with Gasteiger partial charge in [0.05, 0.1) is 6.61 Å². The van der Waals surface area contributed by atoms with Crippen LogP contribution in [0.15, 0.2) is 0 Å². The van der Waals surface area contributed by atoms with Crippen molar-refractivity contribution in [2.75, 3.05) is 39.5 Å². The Morgan fingerprint density at radius 1 is 1.07 bits per heavy atom. The number of hydrogen-bond donors (Lipinski definition) is 7. The minimum absolute atomic E-state index is 0.102. The summed E-state index contributed by atoms with van der Waals surface area (Å²) in [6.45, 7) is 6.79. The van der Waals surface area contributed by atoms with Crippen LogP contribution in [-0.4, -0.2) is 104 Å². The lowest BCUT2D eigenvalue weighted by Crippen LogP contribution is -2.61. The van der Waals surface area contributed by atoms with Crippen molar-refractivity contribution < 1.29 is 43.6 Å². The highest BCUT2D eigenvalue weighted by molar-refractivity contribution is 6.60. The fourth-order valence-electron chi connectivity index (χ4n) is 2.85. The number of hydrogen-bond acceptors (Lipinski definition) is 10. The first kappa shape index (κ1) is 28.3. The van der Waals surface area contributed by atoms with Gasteiger partial charge in [0.25, 0.3) is 5.91 Å². The van der Waals surface area contributed by atoms with Gasteiger partial charge in [-0.15, -0.1) is 0 Å². The van der Waals surface area contributed by atoms with Crippen LogP contribution in [-0.2, 0) is 18.1 Å². The Morgan fingerprint density at radius 2 is 1.59 bits per heavy atom. The first-order chi connectivity index (χ1) is 13.6. The fourth-order valence-corrected chi connectivity index (χ4v) is 5.47. The van der Waals surface area contributed by atoms with Gasteiger partial charge in [0.2, 0.25) is 0 Å². The van der Waals surface area contributed by atoms with Gasteiger partial charge in [-0.2, -0.15) is 0 Å². The highest BCUT2D eigenvalue weighted by atomic mass is 28.4. The lowest BCUT2D eigenvalue weighted by molar-refractivity contribution is -0.175. The van der Waals surface area contributed by atoms with E-state index in [-0.39, 0.29) is 13.0 Å². The Morgan fingerprint density at radius 3 is 2.00 bits per heavy atom. The van der Waals surface area contributed by atoms with E-state index in [2.05, 4.69) is 5.32 Å². The summed E-state index contributed by atoms with van der Waals surface area (Å²) in [5.74, 6) is -1.24. The van der Waals surface area contributed by atoms with Crippen molar-refractivity contribution in [1.82, 2.24) is 5.32 Å². The summed E-state index contributed by atoms with van der Waals surface area (Å²) in [4.78, 5) is 11.6. The average Bonchev–Trinajstić information content (AvgIpc) is 2.69. The Labute approximate surface area is 173 Å². The minimum atomic E-state index is -2.75. The zero-order valence-corrected chi connectivity index (χ0v) is 18.5. The molecule has 0 saturated heterocycles. The molecule has 0 aromatic heterocycles. The van der Waals surface area contributed by atoms with Crippen LogP contribution >= 0.6 is 0 Å². The molecule has 29 heavy (non-hydrogen) atoms. The lowest BCUT2D eigenvalue weighted by atomic mass is 9.86. The molecule has 0 aromatic rings. The predicted octanol–water partition coefficient (Wildman–Crippen LogP) is -2.30. The van der Waals surface area contributed by atoms with E-state index in [1.54, 1.807) is 0 Å². The molecule has 1 amide bonds. The minimum Gasteiger partial charge on any atom is -0.394 e. The summed E-state index contributed by atoms with van der Waals surface area (Å²) in [6.07, 6.45) is -5.37. The van der Waals surface area contributed by atoms with Crippen molar-refractivity contribution in [2.45, 2.75) is 63.6 Å². The van der Waals surface area contributed by atoms with Gasteiger partial charge in [-0.1, -0.05) is 0 Å². The number of aliphatic hydroxyl groups is 5. The lowest BCUT2D eigenvalue weighted by Gasteiger charge is -2.34. The third-order valence-electron chi connectivity index (χ3n) is 4.43. The number of rotatable bonds is 18. The van der Waals surface area contributed by atoms with E-state index >= 15 is 0 Å². The van der Waals surface area contributed by atoms with Gasteiger partial charge >= 0.3 is 8.80 Å². The Bertz CT molecular complexity index is 444. The number of carbonyl (C=O) groups is 1. The second-order valence-corrected chi connectivity index (χ2v) is 9.29. The van der Waals surface area contributed by atoms with Crippen LogP contribution < -0.4 is 11.1 Å². The average molecular weight is 443 g/mol. The standard InChI is InChI=1S/C17H38N2O9Si/c1-4-26-29(27-5-2,28-6-3)11-7-9-19-10-8-17(25,16(18)24)15(23)14(22)13(21)12-20/h13-15,19-23,25H,4-12H2,1-3H3,(H2,18,24)/t13-,14-,15+,17-/m1/s1. The monoisotopic (exact) mass is 442 g/mol. The Hall–Kier alpha value is -0.673. The molecule has 0 aliphatic rings. The summed E-state index contributed by atoms with van der Waals surface area (Å²) in [5, 5.41) is 51.5. The maximum atomic E-state index is 11.6. The van der Waals surface area contributed by atoms with Gasteiger partial charge in [-0.05, 0) is 40.3 Å². The maximum Gasteiger partial charge on any atom is 0.500 e. The molecule has 174 valence electrons. The number of carbonyl (C=O) groups excluding carboxylic acids is 1. The van der Waals surface area contributed by atoms with Crippen LogP contribution in [0.3, 0.4) is 0 Å². The van der Waals surface area contributed by atoms with E-state index < -0.39 is 45.2 Å². The van der Waals surface area contributed by atoms with Gasteiger partial charge in [0.15, 0.2) is 5.60 Å². The second kappa shape index (κ2) is 14.4. The van der Waals surface area contributed by atoms with Crippen LogP contribution in [0.1, 0.15) is 33.6 Å². The van der Waals surface area contributed by atoms with Gasteiger partial charge in [0, 0.05) is 32.3 Å². The van der Waals surface area contributed by atoms with Crippen LogP contribution in [0.5, 0.6) is 0 Å². The number of nitrogens with one attached hydrogen (secondary N) is 1. The van der Waals surface area contributed by atoms with Crippen molar-refractivity contribution in [3.8, 4) is 0 Å². The molecule has 0 spiro atoms. The van der Waals surface area contributed by atoms with Gasteiger partial charge in [0.1, 0.15) is 18.3 Å². The summed E-state index contributed by atoms with van der Waals surface area (Å²) < 4.78 is 17.3. The first-order valence-corrected chi connectivity index (χ1v) is 11.9. The molecule has 0 rings (SSSR count). The van der Waals surface area contributed by atoms with E-state index in [4.69, 9.17) is 24.1 Å². The number of primary amides is 1. The quantitative estimate of drug-likeness (QED) is 0.0899. The van der Waals surface area contributed by atoms with E-state index in [1.165, 1.54) is 0 Å². The molecule has 0 aromatic carbocycles. The summed E-state index contributed by atoms with van der Waals surface area (Å²) in [7, 11) is -2.75. The Balaban J connectivity index is 4.65. The zero-order valence-electron chi connectivity index (χ0n) is 17.5. The third kappa shape index (κ3) is 8.92. The highest BCUT2D eigenvalue weighted by Crippen LogP contribution is 2.20. The van der Waals surface area contributed by atoms with Crippen LogP contribution in [0, 0.1) is 0 Å². The summed E-state index contributed by atoms with van der Waals surface area (Å²) in [5.41, 5.74) is 2.70. The molecular weight excluding hydrogens is 404 g/mol. The molecule has 0 saturated carbocycles. The van der Waals surface area contributed by atoms with Gasteiger partial charge in [-0.3, -0.25) is 4.79 Å². The molecule has 8 N–H and O–H groups in total. The van der Waals surface area contributed by atoms with E-state index in [9.17, 15) is 25.2 Å². The molecule has 0 radical (unpaired) electrons. The zero-order chi connectivity index (χ0) is 22.5. The molecule has 12 heteroatoms. The number of aliphatic hydroxyl groups excluding tert-OH is 4. The molecule has 0 unspecified atom stereocenters. The number of amides is 1. The molecule has 0 aliphatic carbocycles. The van der Waals surface area contributed by atoms with Crippen molar-refractivity contribution in [1.29, 1.82) is 0 Å². The normalized spacial score (nSPS) is 17.5. The third-order valence-corrected chi connectivity index (χ3v) is 7.58. The number of nitrogens with two attached hydrogens (primary N) is 1. The molecule has 0 heterocycles. The van der Waals surface area contributed by atoms with E-state index in [0.29, 0.717) is 38.8 Å². The smallest absolute Gasteiger partial charge is 0.394 e. The van der Waals surface area contributed by atoms with Crippen molar-refractivity contribution in [3.05, 3.63) is 0 Å². The predicted molar refractivity (Wildman–Crippen MR) is 107 cm³/mol. The molecular formula is C17H38N2O9Si. The molecule has 0 bridgehead atoms. The van der Waals surface area contributed by atoms with Gasteiger partial charge in [-0.25, -0.2) is 0 Å². The second-order valence-electron chi connectivity index (χ2n) is 6.56. The van der Waals surface area contributed by atoms with Crippen molar-refractivity contribution >= 4 is 14.7 Å². The van der Waals surface area contributed by atoms with Crippen LogP contribution in [0.2, 0.25) is 6.04 Å². The largest absolute Gasteiger partial charge is 0.500 e. The van der Waals surface area contributed by atoms with E-state index in [0.717, 1.165) is 0 Å². The van der Waals surface area contributed by atoms with Crippen molar-refractivity contribution in [3.63, 3.8) is 0 Å². The van der Waals surface area contributed by atoms with Crippen LogP contribution in [0.4, 0.5) is 0 Å². The molecule has 0 aliphatic heterocycles. The summed E-state index contributed by atoms with van der Waals surface area (Å²) >= 11 is 0.